The van der Waals surface area contributed by atoms with Crippen LogP contribution in [-0.2, 0) is 7.05 Å². The van der Waals surface area contributed by atoms with Crippen molar-refractivity contribution in [2.45, 2.75) is 6.92 Å². The Bertz CT molecular complexity index is 897. The van der Waals surface area contributed by atoms with Gasteiger partial charge in [-0.2, -0.15) is 15.3 Å². The summed E-state index contributed by atoms with van der Waals surface area (Å²) >= 11 is 6.39. The molecule has 122 valence electrons. The van der Waals surface area contributed by atoms with Crippen molar-refractivity contribution in [3.8, 4) is 5.69 Å². The second kappa shape index (κ2) is 6.67. The third-order valence-electron chi connectivity index (χ3n) is 3.46. The molecule has 0 radical (unpaired) electrons. The molecule has 0 aliphatic carbocycles. The van der Waals surface area contributed by atoms with Gasteiger partial charge in [-0.15, -0.1) is 0 Å². The Labute approximate surface area is 143 Å². The molecule has 1 aromatic carbocycles. The minimum atomic E-state index is -0.351. The van der Waals surface area contributed by atoms with Gasteiger partial charge in [0, 0.05) is 13.2 Å². The van der Waals surface area contributed by atoms with Gasteiger partial charge in [0.1, 0.15) is 10.8 Å². The molecule has 0 unspecified atom stereocenters. The molecule has 0 aliphatic heterocycles. The Morgan fingerprint density at radius 3 is 2.71 bits per heavy atom. The number of halogens is 1. The van der Waals surface area contributed by atoms with E-state index in [4.69, 9.17) is 11.6 Å². The van der Waals surface area contributed by atoms with Crippen LogP contribution in [0.15, 0.2) is 47.7 Å². The maximum absolute atomic E-state index is 12.0. The summed E-state index contributed by atoms with van der Waals surface area (Å²) in [5, 5.41) is 12.7. The molecule has 3 aromatic rings. The molecule has 0 spiro atoms. The first kappa shape index (κ1) is 15.9. The fourth-order valence-corrected chi connectivity index (χ4v) is 2.53. The summed E-state index contributed by atoms with van der Waals surface area (Å²) in [5.74, 6) is -0.351. The molecule has 1 amide bonds. The summed E-state index contributed by atoms with van der Waals surface area (Å²) < 4.78 is 3.09. The van der Waals surface area contributed by atoms with E-state index in [1.807, 2.05) is 37.3 Å². The van der Waals surface area contributed by atoms with E-state index in [2.05, 4.69) is 20.7 Å². The number of hydrogen-bond donors (Lipinski definition) is 1. The molecular formula is C16H15ClN6O. The zero-order valence-corrected chi connectivity index (χ0v) is 13.9. The third-order valence-corrected chi connectivity index (χ3v) is 3.83. The smallest absolute Gasteiger partial charge is 0.266 e. The predicted molar refractivity (Wildman–Crippen MR) is 91.6 cm³/mol. The summed E-state index contributed by atoms with van der Waals surface area (Å²) in [5.41, 5.74) is 5.07. The van der Waals surface area contributed by atoms with Gasteiger partial charge in [0.15, 0.2) is 0 Å². The van der Waals surface area contributed by atoms with E-state index in [1.165, 1.54) is 10.9 Å². The van der Waals surface area contributed by atoms with Gasteiger partial charge in [0.25, 0.3) is 5.91 Å². The number of aromatic nitrogens is 4. The van der Waals surface area contributed by atoms with Gasteiger partial charge in [-0.1, -0.05) is 29.8 Å². The molecule has 0 saturated heterocycles. The quantitative estimate of drug-likeness (QED) is 0.584. The van der Waals surface area contributed by atoms with Gasteiger partial charge < -0.3 is 0 Å². The molecule has 3 rings (SSSR count). The highest BCUT2D eigenvalue weighted by atomic mass is 35.5. The van der Waals surface area contributed by atoms with Crippen molar-refractivity contribution >= 4 is 23.7 Å². The van der Waals surface area contributed by atoms with Crippen molar-refractivity contribution in [2.75, 3.05) is 0 Å². The lowest BCUT2D eigenvalue weighted by molar-refractivity contribution is 0.0945. The van der Waals surface area contributed by atoms with Crippen molar-refractivity contribution in [2.24, 2.45) is 12.1 Å². The van der Waals surface area contributed by atoms with Gasteiger partial charge in [-0.25, -0.2) is 10.1 Å². The number of carbonyl (C=O) groups is 1. The first-order chi connectivity index (χ1) is 11.6. The summed E-state index contributed by atoms with van der Waals surface area (Å²) in [6.45, 7) is 1.83. The number of nitrogens with one attached hydrogen (secondary N) is 1. The van der Waals surface area contributed by atoms with Gasteiger partial charge in [0.05, 0.1) is 23.2 Å². The molecule has 7 nitrogen and oxygen atoms in total. The van der Waals surface area contributed by atoms with E-state index in [0.29, 0.717) is 22.1 Å². The predicted octanol–water partition coefficient (Wildman–Crippen LogP) is 2.33. The van der Waals surface area contributed by atoms with E-state index in [0.717, 1.165) is 5.69 Å². The Hall–Kier alpha value is -2.93. The number of hydrogen-bond acceptors (Lipinski definition) is 4. The van der Waals surface area contributed by atoms with Crippen LogP contribution in [0.4, 0.5) is 0 Å². The van der Waals surface area contributed by atoms with Crippen LogP contribution in [0.25, 0.3) is 5.69 Å². The third kappa shape index (κ3) is 3.07. The summed E-state index contributed by atoms with van der Waals surface area (Å²) in [6.07, 6.45) is 3.03. The van der Waals surface area contributed by atoms with Crippen LogP contribution in [0, 0.1) is 6.92 Å². The Kier molecular flexibility index (Phi) is 4.43. The molecule has 0 aliphatic rings. The second-order valence-electron chi connectivity index (χ2n) is 5.08. The van der Waals surface area contributed by atoms with Crippen LogP contribution < -0.4 is 5.43 Å². The molecule has 1 N–H and O–H groups in total. The Morgan fingerprint density at radius 1 is 1.29 bits per heavy atom. The normalized spacial score (nSPS) is 11.1. The van der Waals surface area contributed by atoms with Gasteiger partial charge in [0.2, 0.25) is 0 Å². The summed E-state index contributed by atoms with van der Waals surface area (Å²) in [6, 6.07) is 11.2. The molecular weight excluding hydrogens is 328 g/mol. The molecule has 2 aromatic heterocycles. The fraction of sp³-hybridized carbons (Fsp3) is 0.125. The van der Waals surface area contributed by atoms with Gasteiger partial charge >= 0.3 is 0 Å². The van der Waals surface area contributed by atoms with Crippen molar-refractivity contribution in [3.05, 3.63) is 64.7 Å². The first-order valence-corrected chi connectivity index (χ1v) is 7.57. The average Bonchev–Trinajstić information content (AvgIpc) is 3.13. The topological polar surface area (TPSA) is 77.1 Å². The number of rotatable bonds is 4. The largest absolute Gasteiger partial charge is 0.289 e. The minimum absolute atomic E-state index is 0.351. The molecule has 0 saturated carbocycles. The number of amides is 1. The summed E-state index contributed by atoms with van der Waals surface area (Å²) in [4.78, 5) is 12.0. The maximum atomic E-state index is 12.0. The number of carbonyl (C=O) groups excluding carboxylic acids is 1. The number of aryl methyl sites for hydroxylation is 2. The van der Waals surface area contributed by atoms with E-state index in [1.54, 1.807) is 24.0 Å². The van der Waals surface area contributed by atoms with Crippen molar-refractivity contribution in [3.63, 3.8) is 0 Å². The van der Waals surface area contributed by atoms with Crippen molar-refractivity contribution in [1.82, 2.24) is 25.0 Å². The van der Waals surface area contributed by atoms with E-state index in [-0.39, 0.29) is 5.91 Å². The highest BCUT2D eigenvalue weighted by Gasteiger charge is 2.13. The second-order valence-corrected chi connectivity index (χ2v) is 5.43. The van der Waals surface area contributed by atoms with E-state index < -0.39 is 0 Å². The molecule has 24 heavy (non-hydrogen) atoms. The number of benzene rings is 1. The highest BCUT2D eigenvalue weighted by Crippen LogP contribution is 2.21. The van der Waals surface area contributed by atoms with Crippen molar-refractivity contribution < 1.29 is 4.79 Å². The van der Waals surface area contributed by atoms with Crippen LogP contribution in [0.5, 0.6) is 0 Å². The molecule has 8 heteroatoms. The standard InChI is InChI=1S/C16H15ClN6O/c1-11-13(10-18-20-16(24)14-8-9-19-22(14)2)15(17)23(21-11)12-6-4-3-5-7-12/h3-10H,1-2H3,(H,20,24)/b18-10+. The lowest BCUT2D eigenvalue weighted by Crippen LogP contribution is -2.20. The minimum Gasteiger partial charge on any atom is -0.266 e. The zero-order valence-electron chi connectivity index (χ0n) is 13.1. The Balaban J connectivity index is 1.80. The van der Waals surface area contributed by atoms with E-state index in [9.17, 15) is 4.79 Å². The lowest BCUT2D eigenvalue weighted by atomic mass is 10.3. The van der Waals surface area contributed by atoms with Crippen LogP contribution in [0.3, 0.4) is 0 Å². The number of nitrogens with zero attached hydrogens (tertiary/aromatic N) is 5. The number of para-hydroxylation sites is 1. The molecule has 0 fully saturated rings. The van der Waals surface area contributed by atoms with Crippen LogP contribution >= 0.6 is 11.6 Å². The SMILES string of the molecule is Cc1nn(-c2ccccc2)c(Cl)c1/C=N/NC(=O)c1ccnn1C. The van der Waals surface area contributed by atoms with E-state index >= 15 is 0 Å². The van der Waals surface area contributed by atoms with Crippen molar-refractivity contribution in [1.29, 1.82) is 0 Å². The van der Waals surface area contributed by atoms with Gasteiger partial charge in [-0.3, -0.25) is 9.48 Å². The zero-order chi connectivity index (χ0) is 17.1. The van der Waals surface area contributed by atoms with Crippen LogP contribution in [0.2, 0.25) is 5.15 Å². The molecule has 0 atom stereocenters. The lowest BCUT2D eigenvalue weighted by Gasteiger charge is -2.02. The fourth-order valence-electron chi connectivity index (χ4n) is 2.21. The number of hydrazone groups is 1. The molecule has 0 bridgehead atoms. The first-order valence-electron chi connectivity index (χ1n) is 7.20. The van der Waals surface area contributed by atoms with Crippen LogP contribution in [-0.4, -0.2) is 31.7 Å². The summed E-state index contributed by atoms with van der Waals surface area (Å²) in [7, 11) is 1.68. The van der Waals surface area contributed by atoms with Crippen LogP contribution in [0.1, 0.15) is 21.7 Å². The Morgan fingerprint density at radius 2 is 2.04 bits per heavy atom. The molecule has 2 heterocycles. The highest BCUT2D eigenvalue weighted by molar-refractivity contribution is 6.32. The average molecular weight is 343 g/mol. The monoisotopic (exact) mass is 342 g/mol. The van der Waals surface area contributed by atoms with Gasteiger partial charge in [-0.05, 0) is 25.1 Å². The maximum Gasteiger partial charge on any atom is 0.289 e.